The Kier molecular flexibility index (Phi) is 4.28. The van der Waals surface area contributed by atoms with Crippen LogP contribution in [0.15, 0.2) is 0 Å². The van der Waals surface area contributed by atoms with Gasteiger partial charge >= 0.3 is 12.1 Å². The third-order valence-corrected chi connectivity index (χ3v) is 2.24. The van der Waals surface area contributed by atoms with E-state index in [2.05, 4.69) is 0 Å². The van der Waals surface area contributed by atoms with Crippen molar-refractivity contribution in [3.63, 3.8) is 0 Å². The number of carbonyl (C=O) groups excluding carboxylic acids is 3. The number of carbonyl (C=O) groups is 3. The number of ether oxygens (including phenoxy) is 2. The molecule has 0 radical (unpaired) electrons. The van der Waals surface area contributed by atoms with Gasteiger partial charge in [-0.05, 0) is 13.8 Å². The van der Waals surface area contributed by atoms with E-state index in [1.165, 1.54) is 4.90 Å². The van der Waals surface area contributed by atoms with Crippen LogP contribution in [0, 0.1) is 5.92 Å². The Morgan fingerprint density at radius 3 is 2.50 bits per heavy atom. The molecule has 6 heteroatoms. The van der Waals surface area contributed by atoms with Crippen LogP contribution in [0.2, 0.25) is 0 Å². The lowest BCUT2D eigenvalue weighted by Gasteiger charge is -2.13. The minimum atomic E-state index is -0.857. The molecular weight excluding hydrogens is 214 g/mol. The molecule has 0 aromatic rings. The lowest BCUT2D eigenvalue weighted by atomic mass is 10.1. The fourth-order valence-electron chi connectivity index (χ4n) is 1.49. The number of Topliss-reactive ketones (excluding diaryl/α,β-unsaturated/α-hetero) is 1. The Morgan fingerprint density at radius 2 is 1.94 bits per heavy atom. The van der Waals surface area contributed by atoms with Gasteiger partial charge in [0.15, 0.2) is 5.78 Å². The van der Waals surface area contributed by atoms with Crippen molar-refractivity contribution < 1.29 is 23.9 Å². The molecule has 6 nitrogen and oxygen atoms in total. The summed E-state index contributed by atoms with van der Waals surface area (Å²) in [5.41, 5.74) is 0. The first-order chi connectivity index (χ1) is 7.60. The van der Waals surface area contributed by atoms with Gasteiger partial charge in [0.2, 0.25) is 0 Å². The summed E-state index contributed by atoms with van der Waals surface area (Å²) in [6, 6.07) is 0. The van der Waals surface area contributed by atoms with Crippen molar-refractivity contribution in [1.82, 2.24) is 4.90 Å². The van der Waals surface area contributed by atoms with Crippen LogP contribution in [0.3, 0.4) is 0 Å². The van der Waals surface area contributed by atoms with Crippen molar-refractivity contribution in [2.45, 2.75) is 13.8 Å². The van der Waals surface area contributed by atoms with E-state index in [0.717, 1.165) is 0 Å². The summed E-state index contributed by atoms with van der Waals surface area (Å²) in [6.45, 7) is 3.79. The van der Waals surface area contributed by atoms with Crippen LogP contribution < -0.4 is 0 Å². The van der Waals surface area contributed by atoms with Gasteiger partial charge in [0.25, 0.3) is 0 Å². The van der Waals surface area contributed by atoms with Gasteiger partial charge in [0.05, 0.1) is 19.8 Å². The number of esters is 1. The molecule has 0 saturated carbocycles. The lowest BCUT2D eigenvalue weighted by Crippen LogP contribution is -2.30. The molecule has 1 amide bonds. The zero-order valence-corrected chi connectivity index (χ0v) is 9.39. The smallest absolute Gasteiger partial charge is 0.410 e. The van der Waals surface area contributed by atoms with Crippen LogP contribution in [-0.4, -0.2) is 49.0 Å². The predicted molar refractivity (Wildman–Crippen MR) is 53.7 cm³/mol. The predicted octanol–water partition coefficient (Wildman–Crippen LogP) is 0.207. The summed E-state index contributed by atoms with van der Waals surface area (Å²) in [6.07, 6.45) is -0.567. The first-order valence-electron chi connectivity index (χ1n) is 5.21. The molecule has 0 aliphatic carbocycles. The molecule has 0 spiro atoms. The number of likely N-dealkylation sites (tertiary alicyclic amines) is 1. The summed E-state index contributed by atoms with van der Waals surface area (Å²) in [7, 11) is 0. The largest absolute Gasteiger partial charge is 0.465 e. The molecule has 0 aromatic carbocycles. The maximum Gasteiger partial charge on any atom is 0.410 e. The molecule has 0 aromatic heterocycles. The Bertz CT molecular complexity index is 302. The number of rotatable bonds is 3. The summed E-state index contributed by atoms with van der Waals surface area (Å²) in [5, 5.41) is 0. The third kappa shape index (κ3) is 2.71. The van der Waals surface area contributed by atoms with Crippen LogP contribution in [0.5, 0.6) is 0 Å². The van der Waals surface area contributed by atoms with E-state index < -0.39 is 18.0 Å². The number of ketones is 1. The van der Waals surface area contributed by atoms with E-state index in [1.54, 1.807) is 13.8 Å². The average molecular weight is 229 g/mol. The molecule has 1 saturated heterocycles. The highest BCUT2D eigenvalue weighted by Crippen LogP contribution is 2.15. The maximum absolute atomic E-state index is 11.5. The fraction of sp³-hybridized carbons (Fsp3) is 0.700. The van der Waals surface area contributed by atoms with Gasteiger partial charge < -0.3 is 9.47 Å². The van der Waals surface area contributed by atoms with Gasteiger partial charge in [-0.2, -0.15) is 0 Å². The molecule has 0 unspecified atom stereocenters. The molecule has 1 aliphatic rings. The van der Waals surface area contributed by atoms with Crippen molar-refractivity contribution in [2.75, 3.05) is 26.3 Å². The van der Waals surface area contributed by atoms with Crippen molar-refractivity contribution >= 4 is 17.8 Å². The lowest BCUT2D eigenvalue weighted by molar-refractivity contribution is -0.149. The Balaban J connectivity index is 2.56. The summed E-state index contributed by atoms with van der Waals surface area (Å²) in [4.78, 5) is 35.4. The van der Waals surface area contributed by atoms with Crippen molar-refractivity contribution in [2.24, 2.45) is 5.92 Å². The van der Waals surface area contributed by atoms with E-state index in [4.69, 9.17) is 9.47 Å². The molecule has 1 heterocycles. The number of hydrogen-bond acceptors (Lipinski definition) is 5. The van der Waals surface area contributed by atoms with Crippen molar-refractivity contribution in [3.05, 3.63) is 0 Å². The SMILES string of the molecule is CCOC(=O)[C@H]1CN(C(=O)OCC)CC1=O. The first kappa shape index (κ1) is 12.5. The average Bonchev–Trinajstić information content (AvgIpc) is 2.61. The molecule has 0 bridgehead atoms. The third-order valence-electron chi connectivity index (χ3n) is 2.24. The van der Waals surface area contributed by atoms with E-state index in [-0.39, 0.29) is 32.1 Å². The minimum Gasteiger partial charge on any atom is -0.465 e. The van der Waals surface area contributed by atoms with Gasteiger partial charge in [-0.3, -0.25) is 14.5 Å². The van der Waals surface area contributed by atoms with Crippen molar-refractivity contribution in [3.8, 4) is 0 Å². The van der Waals surface area contributed by atoms with Crippen LogP contribution >= 0.6 is 0 Å². The highest BCUT2D eigenvalue weighted by Gasteiger charge is 2.39. The molecule has 1 atom stereocenters. The monoisotopic (exact) mass is 229 g/mol. The van der Waals surface area contributed by atoms with E-state index >= 15 is 0 Å². The number of hydrogen-bond donors (Lipinski definition) is 0. The summed E-state index contributed by atoms with van der Waals surface area (Å²) >= 11 is 0. The first-order valence-corrected chi connectivity index (χ1v) is 5.21. The van der Waals surface area contributed by atoms with E-state index in [0.29, 0.717) is 0 Å². The maximum atomic E-state index is 11.5. The Morgan fingerprint density at radius 1 is 1.31 bits per heavy atom. The summed E-state index contributed by atoms with van der Waals surface area (Å²) < 4.78 is 9.49. The standard InChI is InChI=1S/C10H15NO5/c1-3-15-9(13)7-5-11(6-8(7)12)10(14)16-4-2/h7H,3-6H2,1-2H3/t7-/m0/s1. The number of nitrogens with zero attached hydrogens (tertiary/aromatic N) is 1. The second-order valence-corrected chi connectivity index (χ2v) is 3.35. The summed E-state index contributed by atoms with van der Waals surface area (Å²) in [5.74, 6) is -1.73. The van der Waals surface area contributed by atoms with Gasteiger partial charge in [-0.1, -0.05) is 0 Å². The molecule has 16 heavy (non-hydrogen) atoms. The van der Waals surface area contributed by atoms with Gasteiger partial charge in [-0.15, -0.1) is 0 Å². The van der Waals surface area contributed by atoms with Crippen LogP contribution in [-0.2, 0) is 19.1 Å². The van der Waals surface area contributed by atoms with Crippen LogP contribution in [0.25, 0.3) is 0 Å². The fourth-order valence-corrected chi connectivity index (χ4v) is 1.49. The second-order valence-electron chi connectivity index (χ2n) is 3.35. The molecule has 1 rings (SSSR count). The Labute approximate surface area is 93.5 Å². The van der Waals surface area contributed by atoms with E-state index in [1.807, 2.05) is 0 Å². The number of amides is 1. The minimum absolute atomic E-state index is 0.0521. The van der Waals surface area contributed by atoms with Crippen LogP contribution in [0.4, 0.5) is 4.79 Å². The molecule has 1 aliphatic heterocycles. The van der Waals surface area contributed by atoms with Crippen molar-refractivity contribution in [1.29, 1.82) is 0 Å². The van der Waals surface area contributed by atoms with Crippen LogP contribution in [0.1, 0.15) is 13.8 Å². The van der Waals surface area contributed by atoms with Gasteiger partial charge in [0.1, 0.15) is 5.92 Å². The Hall–Kier alpha value is -1.59. The quantitative estimate of drug-likeness (QED) is 0.511. The molecule has 1 fully saturated rings. The topological polar surface area (TPSA) is 72.9 Å². The molecule has 90 valence electrons. The zero-order valence-electron chi connectivity index (χ0n) is 9.39. The second kappa shape index (κ2) is 5.48. The van der Waals surface area contributed by atoms with Gasteiger partial charge in [0, 0.05) is 6.54 Å². The zero-order chi connectivity index (χ0) is 12.1. The highest BCUT2D eigenvalue weighted by atomic mass is 16.6. The van der Waals surface area contributed by atoms with E-state index in [9.17, 15) is 14.4 Å². The normalized spacial score (nSPS) is 19.8. The molecular formula is C10H15NO5. The van der Waals surface area contributed by atoms with Gasteiger partial charge in [-0.25, -0.2) is 4.79 Å². The molecule has 0 N–H and O–H groups in total. The highest BCUT2D eigenvalue weighted by molar-refractivity contribution is 6.03.